The van der Waals surface area contributed by atoms with Crippen molar-refractivity contribution in [2.24, 2.45) is 11.7 Å². The number of carbonyl (C=O) groups is 2. The number of hydrogen-bond donors (Lipinski definition) is 2. The molecule has 0 aromatic heterocycles. The van der Waals surface area contributed by atoms with Crippen LogP contribution in [0.2, 0.25) is 0 Å². The zero-order valence-corrected chi connectivity index (χ0v) is 12.6. The van der Waals surface area contributed by atoms with Crippen molar-refractivity contribution in [3.8, 4) is 11.1 Å². The quantitative estimate of drug-likeness (QED) is 0.884. The molecule has 5 heteroatoms. The highest BCUT2D eigenvalue weighted by Crippen LogP contribution is 2.25. The lowest BCUT2D eigenvalue weighted by Gasteiger charge is -2.37. The van der Waals surface area contributed by atoms with Gasteiger partial charge in [-0.25, -0.2) is 4.79 Å². The first-order chi connectivity index (χ1) is 11.0. The van der Waals surface area contributed by atoms with Gasteiger partial charge in [0.1, 0.15) is 0 Å². The molecule has 0 spiro atoms. The lowest BCUT2D eigenvalue weighted by atomic mass is 9.97. The number of benzene rings is 2. The molecule has 0 atom stereocenters. The summed E-state index contributed by atoms with van der Waals surface area (Å²) in [5, 5.41) is 9.27. The zero-order chi connectivity index (χ0) is 16.4. The Balaban J connectivity index is 1.71. The lowest BCUT2D eigenvalue weighted by molar-refractivity contribution is -0.127. The summed E-state index contributed by atoms with van der Waals surface area (Å²) in [5.41, 5.74) is 8.28. The third kappa shape index (κ3) is 3.24. The van der Waals surface area contributed by atoms with Gasteiger partial charge in [0.2, 0.25) is 5.91 Å². The van der Waals surface area contributed by atoms with E-state index < -0.39 is 5.97 Å². The molecule has 1 aliphatic heterocycles. The SMILES string of the molecule is NC(=O)C1CN(Cc2ccc(-c3ccccc3C(=O)O)cc2)C1. The zero-order valence-electron chi connectivity index (χ0n) is 12.6. The molecule has 1 fully saturated rings. The van der Waals surface area contributed by atoms with E-state index in [4.69, 9.17) is 5.73 Å². The summed E-state index contributed by atoms with van der Waals surface area (Å²) in [6.07, 6.45) is 0. The Hall–Kier alpha value is -2.66. The standard InChI is InChI=1S/C18H18N2O3/c19-17(21)14-10-20(11-14)9-12-5-7-13(8-6-12)15-3-1-2-4-16(15)18(22)23/h1-8,14H,9-11H2,(H2,19,21)(H,22,23). The molecule has 5 nitrogen and oxygen atoms in total. The number of rotatable bonds is 5. The normalized spacial score (nSPS) is 15.1. The fraction of sp³-hybridized carbons (Fsp3) is 0.222. The van der Waals surface area contributed by atoms with Crippen molar-refractivity contribution in [1.82, 2.24) is 4.90 Å². The summed E-state index contributed by atoms with van der Waals surface area (Å²) < 4.78 is 0. The molecule has 1 saturated heterocycles. The Bertz CT molecular complexity index is 734. The monoisotopic (exact) mass is 310 g/mol. The maximum Gasteiger partial charge on any atom is 0.336 e. The van der Waals surface area contributed by atoms with E-state index in [-0.39, 0.29) is 11.8 Å². The van der Waals surface area contributed by atoms with E-state index in [0.717, 1.165) is 17.7 Å². The van der Waals surface area contributed by atoms with Crippen LogP contribution in [0.5, 0.6) is 0 Å². The molecule has 23 heavy (non-hydrogen) atoms. The molecule has 0 aliphatic carbocycles. The highest BCUT2D eigenvalue weighted by molar-refractivity contribution is 5.95. The highest BCUT2D eigenvalue weighted by atomic mass is 16.4. The van der Waals surface area contributed by atoms with Gasteiger partial charge in [-0.15, -0.1) is 0 Å². The van der Waals surface area contributed by atoms with Crippen molar-refractivity contribution in [3.63, 3.8) is 0 Å². The molecule has 3 N–H and O–H groups in total. The van der Waals surface area contributed by atoms with Crippen LogP contribution >= 0.6 is 0 Å². The average molecular weight is 310 g/mol. The molecule has 1 amide bonds. The molecule has 0 unspecified atom stereocenters. The molecular formula is C18H18N2O3. The third-order valence-electron chi connectivity index (χ3n) is 4.19. The van der Waals surface area contributed by atoms with Crippen molar-refractivity contribution in [2.75, 3.05) is 13.1 Å². The first-order valence-corrected chi connectivity index (χ1v) is 7.48. The molecule has 0 saturated carbocycles. The highest BCUT2D eigenvalue weighted by Gasteiger charge is 2.30. The fourth-order valence-corrected chi connectivity index (χ4v) is 2.85. The number of carbonyl (C=O) groups excluding carboxylic acids is 1. The van der Waals surface area contributed by atoms with Crippen molar-refractivity contribution in [2.45, 2.75) is 6.54 Å². The van der Waals surface area contributed by atoms with Crippen LogP contribution in [0.4, 0.5) is 0 Å². The van der Waals surface area contributed by atoms with Gasteiger partial charge < -0.3 is 10.8 Å². The maximum absolute atomic E-state index is 11.3. The van der Waals surface area contributed by atoms with Gasteiger partial charge in [-0.05, 0) is 22.8 Å². The molecule has 1 heterocycles. The first kappa shape index (κ1) is 15.2. The van der Waals surface area contributed by atoms with Crippen molar-refractivity contribution < 1.29 is 14.7 Å². The maximum atomic E-state index is 11.3. The van der Waals surface area contributed by atoms with Crippen LogP contribution in [0, 0.1) is 5.92 Å². The van der Waals surface area contributed by atoms with Gasteiger partial charge in [0.25, 0.3) is 0 Å². The lowest BCUT2D eigenvalue weighted by Crippen LogP contribution is -2.51. The Morgan fingerprint density at radius 3 is 2.35 bits per heavy atom. The van der Waals surface area contributed by atoms with Crippen molar-refractivity contribution in [3.05, 3.63) is 59.7 Å². The van der Waals surface area contributed by atoms with E-state index in [1.165, 1.54) is 0 Å². The molecular weight excluding hydrogens is 292 g/mol. The second kappa shape index (κ2) is 6.22. The number of carboxylic acids is 1. The van der Waals surface area contributed by atoms with Crippen LogP contribution in [0.3, 0.4) is 0 Å². The van der Waals surface area contributed by atoms with Gasteiger partial charge in [0.15, 0.2) is 0 Å². The number of hydrogen-bond acceptors (Lipinski definition) is 3. The number of nitrogens with two attached hydrogens (primary N) is 1. The third-order valence-corrected chi connectivity index (χ3v) is 4.19. The predicted octanol–water partition coefficient (Wildman–Crippen LogP) is 1.97. The van der Waals surface area contributed by atoms with Gasteiger partial charge in [-0.2, -0.15) is 0 Å². The minimum absolute atomic E-state index is 0.0308. The summed E-state index contributed by atoms with van der Waals surface area (Å²) in [7, 11) is 0. The predicted molar refractivity (Wildman–Crippen MR) is 86.8 cm³/mol. The average Bonchev–Trinajstić information content (AvgIpc) is 2.50. The molecule has 3 rings (SSSR count). The van der Waals surface area contributed by atoms with E-state index >= 15 is 0 Å². The summed E-state index contributed by atoms with van der Waals surface area (Å²) in [6, 6.07) is 14.8. The summed E-state index contributed by atoms with van der Waals surface area (Å²) in [6.45, 7) is 2.18. The van der Waals surface area contributed by atoms with Crippen LogP contribution in [-0.2, 0) is 11.3 Å². The number of carboxylic acid groups (broad SMARTS) is 1. The van der Waals surface area contributed by atoms with Crippen LogP contribution in [-0.4, -0.2) is 35.0 Å². The number of nitrogens with zero attached hydrogens (tertiary/aromatic N) is 1. The summed E-state index contributed by atoms with van der Waals surface area (Å²) in [5.74, 6) is -1.19. The van der Waals surface area contributed by atoms with Crippen molar-refractivity contribution >= 4 is 11.9 Å². The molecule has 0 radical (unpaired) electrons. The van der Waals surface area contributed by atoms with Gasteiger partial charge in [0.05, 0.1) is 11.5 Å². The van der Waals surface area contributed by atoms with E-state index in [1.54, 1.807) is 12.1 Å². The Labute approximate surface area is 134 Å². The van der Waals surface area contributed by atoms with Crippen LogP contribution in [0.15, 0.2) is 48.5 Å². The Morgan fingerprint density at radius 1 is 1.09 bits per heavy atom. The molecule has 2 aromatic carbocycles. The fourth-order valence-electron chi connectivity index (χ4n) is 2.85. The smallest absolute Gasteiger partial charge is 0.336 e. The van der Waals surface area contributed by atoms with Crippen LogP contribution < -0.4 is 5.73 Å². The van der Waals surface area contributed by atoms with Gasteiger partial charge >= 0.3 is 5.97 Å². The molecule has 0 bridgehead atoms. The van der Waals surface area contributed by atoms with Gasteiger partial charge in [-0.3, -0.25) is 9.69 Å². The molecule has 118 valence electrons. The van der Waals surface area contributed by atoms with Crippen LogP contribution in [0.1, 0.15) is 15.9 Å². The number of likely N-dealkylation sites (tertiary alicyclic amines) is 1. The number of aromatic carboxylic acids is 1. The topological polar surface area (TPSA) is 83.6 Å². The van der Waals surface area contributed by atoms with E-state index in [0.29, 0.717) is 24.2 Å². The van der Waals surface area contributed by atoms with Gasteiger partial charge in [0, 0.05) is 19.6 Å². The second-order valence-electron chi connectivity index (χ2n) is 5.84. The van der Waals surface area contributed by atoms with E-state index in [9.17, 15) is 14.7 Å². The molecule has 1 aliphatic rings. The Kier molecular flexibility index (Phi) is 4.12. The number of primary amides is 1. The Morgan fingerprint density at radius 2 is 1.74 bits per heavy atom. The van der Waals surface area contributed by atoms with E-state index in [2.05, 4.69) is 4.90 Å². The number of amides is 1. The molecule has 2 aromatic rings. The summed E-state index contributed by atoms with van der Waals surface area (Å²) in [4.78, 5) is 24.5. The van der Waals surface area contributed by atoms with E-state index in [1.807, 2.05) is 36.4 Å². The largest absolute Gasteiger partial charge is 0.478 e. The van der Waals surface area contributed by atoms with Gasteiger partial charge in [-0.1, -0.05) is 42.5 Å². The summed E-state index contributed by atoms with van der Waals surface area (Å²) >= 11 is 0. The first-order valence-electron chi connectivity index (χ1n) is 7.48. The minimum Gasteiger partial charge on any atom is -0.478 e. The minimum atomic E-state index is -0.928. The van der Waals surface area contributed by atoms with Crippen LogP contribution in [0.25, 0.3) is 11.1 Å². The van der Waals surface area contributed by atoms with Crippen molar-refractivity contribution in [1.29, 1.82) is 0 Å². The second-order valence-corrected chi connectivity index (χ2v) is 5.84.